The van der Waals surface area contributed by atoms with Crippen molar-refractivity contribution in [2.45, 2.75) is 57.5 Å². The molecule has 1 aliphatic heterocycles. The maximum atomic E-state index is 12.6. The summed E-state index contributed by atoms with van der Waals surface area (Å²) in [5, 5.41) is 7.64. The molecule has 1 aromatic heterocycles. The molecule has 7 heteroatoms. The van der Waals surface area contributed by atoms with E-state index in [1.165, 1.54) is 35.7 Å². The van der Waals surface area contributed by atoms with Crippen LogP contribution in [0.4, 0.5) is 11.5 Å². The van der Waals surface area contributed by atoms with Crippen molar-refractivity contribution in [3.8, 4) is 0 Å². The van der Waals surface area contributed by atoms with Crippen LogP contribution in [0.5, 0.6) is 0 Å². The predicted octanol–water partition coefficient (Wildman–Crippen LogP) is 2.80. The van der Waals surface area contributed by atoms with Crippen LogP contribution >= 0.6 is 0 Å². The van der Waals surface area contributed by atoms with E-state index in [0.717, 1.165) is 57.7 Å². The van der Waals surface area contributed by atoms with Crippen LogP contribution < -0.4 is 20.7 Å². The van der Waals surface area contributed by atoms with Crippen LogP contribution in [0.3, 0.4) is 0 Å². The second kappa shape index (κ2) is 10.5. The van der Waals surface area contributed by atoms with Crippen molar-refractivity contribution in [2.75, 3.05) is 36.0 Å². The summed E-state index contributed by atoms with van der Waals surface area (Å²) in [6.45, 7) is 3.43. The molecule has 7 nitrogen and oxygen atoms in total. The van der Waals surface area contributed by atoms with Crippen molar-refractivity contribution >= 4 is 17.4 Å². The molecule has 1 amide bonds. The third kappa shape index (κ3) is 5.87. The lowest BCUT2D eigenvalue weighted by atomic mass is 9.97. The molecule has 0 spiro atoms. The van der Waals surface area contributed by atoms with Gasteiger partial charge in [-0.25, -0.2) is 4.68 Å². The van der Waals surface area contributed by atoms with E-state index in [-0.39, 0.29) is 24.1 Å². The van der Waals surface area contributed by atoms with Gasteiger partial charge in [-0.2, -0.15) is 5.10 Å². The first kappa shape index (κ1) is 21.4. The van der Waals surface area contributed by atoms with Gasteiger partial charge in [0.25, 0.3) is 5.56 Å². The molecule has 166 valence electrons. The van der Waals surface area contributed by atoms with Crippen LogP contribution in [0.2, 0.25) is 0 Å². The maximum absolute atomic E-state index is 12.6. The number of para-hydroxylation sites is 1. The van der Waals surface area contributed by atoms with E-state index in [1.807, 2.05) is 6.07 Å². The first-order valence-electron chi connectivity index (χ1n) is 11.6. The molecule has 0 bridgehead atoms. The monoisotopic (exact) mass is 423 g/mol. The molecule has 2 fully saturated rings. The molecule has 2 heterocycles. The smallest absolute Gasteiger partial charge is 0.267 e. The van der Waals surface area contributed by atoms with Gasteiger partial charge in [-0.3, -0.25) is 9.59 Å². The summed E-state index contributed by atoms with van der Waals surface area (Å²) in [7, 11) is 0. The van der Waals surface area contributed by atoms with Gasteiger partial charge in [-0.05, 0) is 31.0 Å². The van der Waals surface area contributed by atoms with Crippen molar-refractivity contribution < 1.29 is 4.79 Å². The Hall–Kier alpha value is -2.83. The molecule has 1 aromatic carbocycles. The largest absolute Gasteiger partial charge is 0.368 e. The molecule has 31 heavy (non-hydrogen) atoms. The fourth-order valence-electron chi connectivity index (χ4n) is 4.56. The Morgan fingerprint density at radius 1 is 0.871 bits per heavy atom. The quantitative estimate of drug-likeness (QED) is 0.801. The third-order valence-corrected chi connectivity index (χ3v) is 6.34. The zero-order valence-corrected chi connectivity index (χ0v) is 18.2. The lowest BCUT2D eigenvalue weighted by Crippen LogP contribution is -2.47. The highest BCUT2D eigenvalue weighted by molar-refractivity contribution is 5.76. The Kier molecular flexibility index (Phi) is 7.22. The fraction of sp³-hybridized carbons (Fsp3) is 0.542. The van der Waals surface area contributed by atoms with E-state index in [1.54, 1.807) is 6.07 Å². The molecule has 0 radical (unpaired) electrons. The SMILES string of the molecule is O=C(Cn1nc(N2CCN(c3ccccc3)CC2)ccc1=O)NC1CCCCCCC1. The number of piperazine rings is 1. The lowest BCUT2D eigenvalue weighted by Gasteiger charge is -2.36. The number of hydrogen-bond acceptors (Lipinski definition) is 5. The second-order valence-electron chi connectivity index (χ2n) is 8.61. The molecular weight excluding hydrogens is 390 g/mol. The van der Waals surface area contributed by atoms with Gasteiger partial charge in [0.15, 0.2) is 0 Å². The van der Waals surface area contributed by atoms with Crippen LogP contribution in [-0.4, -0.2) is 47.9 Å². The molecule has 0 atom stereocenters. The molecule has 1 saturated heterocycles. The van der Waals surface area contributed by atoms with Crippen LogP contribution in [0.25, 0.3) is 0 Å². The van der Waals surface area contributed by atoms with E-state index >= 15 is 0 Å². The Morgan fingerprint density at radius 2 is 1.52 bits per heavy atom. The number of nitrogens with one attached hydrogen (secondary N) is 1. The minimum absolute atomic E-state index is 0.0207. The molecule has 1 N–H and O–H groups in total. The topological polar surface area (TPSA) is 70.5 Å². The van der Waals surface area contributed by atoms with Gasteiger partial charge in [0.1, 0.15) is 12.4 Å². The molecule has 1 saturated carbocycles. The first-order chi connectivity index (χ1) is 15.2. The number of aromatic nitrogens is 2. The van der Waals surface area contributed by atoms with Crippen molar-refractivity contribution in [3.05, 3.63) is 52.8 Å². The van der Waals surface area contributed by atoms with E-state index in [0.29, 0.717) is 0 Å². The molecule has 1 aliphatic carbocycles. The second-order valence-corrected chi connectivity index (χ2v) is 8.61. The number of carbonyl (C=O) groups excluding carboxylic acids is 1. The minimum atomic E-state index is -0.237. The predicted molar refractivity (Wildman–Crippen MR) is 124 cm³/mol. The maximum Gasteiger partial charge on any atom is 0.267 e. The average molecular weight is 424 g/mol. The number of rotatable bonds is 5. The van der Waals surface area contributed by atoms with Gasteiger partial charge in [0, 0.05) is 44.0 Å². The van der Waals surface area contributed by atoms with Gasteiger partial charge >= 0.3 is 0 Å². The van der Waals surface area contributed by atoms with Crippen LogP contribution in [-0.2, 0) is 11.3 Å². The van der Waals surface area contributed by atoms with Crippen LogP contribution in [0.15, 0.2) is 47.3 Å². The van der Waals surface area contributed by atoms with Crippen LogP contribution in [0.1, 0.15) is 44.9 Å². The normalized spacial score (nSPS) is 18.3. The Morgan fingerprint density at radius 3 is 2.23 bits per heavy atom. The number of anilines is 2. The van der Waals surface area contributed by atoms with Gasteiger partial charge in [0.2, 0.25) is 5.91 Å². The van der Waals surface area contributed by atoms with E-state index in [9.17, 15) is 9.59 Å². The Bertz CT molecular complexity index is 898. The number of benzene rings is 1. The van der Waals surface area contributed by atoms with Gasteiger partial charge in [-0.1, -0.05) is 50.3 Å². The standard InChI is InChI=1S/C24H33N5O2/c30-23(25-20-9-5-2-1-3-6-10-20)19-29-24(31)14-13-22(26-29)28-17-15-27(16-18-28)21-11-7-4-8-12-21/h4,7-8,11-14,20H,1-3,5-6,9-10,15-19H2,(H,25,30). The van der Waals surface area contributed by atoms with E-state index < -0.39 is 0 Å². The molecule has 2 aliphatic rings. The number of nitrogens with zero attached hydrogens (tertiary/aromatic N) is 4. The van der Waals surface area contributed by atoms with Crippen molar-refractivity contribution in [1.29, 1.82) is 0 Å². The molecule has 2 aromatic rings. The van der Waals surface area contributed by atoms with Crippen molar-refractivity contribution in [1.82, 2.24) is 15.1 Å². The van der Waals surface area contributed by atoms with E-state index in [4.69, 9.17) is 0 Å². The van der Waals surface area contributed by atoms with Crippen LogP contribution in [0, 0.1) is 0 Å². The number of hydrogen-bond donors (Lipinski definition) is 1. The summed E-state index contributed by atoms with van der Waals surface area (Å²) < 4.78 is 1.30. The Balaban J connectivity index is 1.35. The summed E-state index contributed by atoms with van der Waals surface area (Å²) in [4.78, 5) is 29.4. The minimum Gasteiger partial charge on any atom is -0.368 e. The highest BCUT2D eigenvalue weighted by Gasteiger charge is 2.20. The lowest BCUT2D eigenvalue weighted by molar-refractivity contribution is -0.122. The molecular formula is C24H33N5O2. The summed E-state index contributed by atoms with van der Waals surface area (Å²) in [5.74, 6) is 0.636. The third-order valence-electron chi connectivity index (χ3n) is 6.34. The van der Waals surface area contributed by atoms with E-state index in [2.05, 4.69) is 44.5 Å². The highest BCUT2D eigenvalue weighted by atomic mass is 16.2. The zero-order valence-electron chi connectivity index (χ0n) is 18.2. The van der Waals surface area contributed by atoms with Gasteiger partial charge < -0.3 is 15.1 Å². The van der Waals surface area contributed by atoms with Crippen molar-refractivity contribution in [3.63, 3.8) is 0 Å². The summed E-state index contributed by atoms with van der Waals surface area (Å²) in [5.41, 5.74) is 0.991. The summed E-state index contributed by atoms with van der Waals surface area (Å²) in [6, 6.07) is 13.9. The highest BCUT2D eigenvalue weighted by Crippen LogP contribution is 2.19. The molecule has 4 rings (SSSR count). The number of amides is 1. The summed E-state index contributed by atoms with van der Waals surface area (Å²) in [6.07, 6.45) is 8.16. The zero-order chi connectivity index (χ0) is 21.5. The summed E-state index contributed by atoms with van der Waals surface area (Å²) >= 11 is 0. The molecule has 0 unspecified atom stereocenters. The van der Waals surface area contributed by atoms with Gasteiger partial charge in [0.05, 0.1) is 0 Å². The average Bonchev–Trinajstić information content (AvgIpc) is 2.78. The number of carbonyl (C=O) groups is 1. The van der Waals surface area contributed by atoms with Crippen molar-refractivity contribution in [2.24, 2.45) is 0 Å². The first-order valence-corrected chi connectivity index (χ1v) is 11.6. The fourth-order valence-corrected chi connectivity index (χ4v) is 4.56. The Labute approximate surface area is 184 Å². The van der Waals surface area contributed by atoms with Gasteiger partial charge in [-0.15, -0.1) is 0 Å².